The van der Waals surface area contributed by atoms with Gasteiger partial charge in [0.25, 0.3) is 11.8 Å². The molecule has 0 saturated heterocycles. The summed E-state index contributed by atoms with van der Waals surface area (Å²) >= 11 is 7.45. The molecule has 0 unspecified atom stereocenters. The van der Waals surface area contributed by atoms with E-state index in [0.29, 0.717) is 26.7 Å². The number of halogens is 1. The number of aromatic nitrogens is 2. The molecule has 0 fully saturated rings. The van der Waals surface area contributed by atoms with Crippen molar-refractivity contribution in [2.45, 2.75) is 19.5 Å². The van der Waals surface area contributed by atoms with E-state index in [4.69, 9.17) is 16.7 Å². The number of hydrogen-bond acceptors (Lipinski definition) is 5. The average Bonchev–Trinajstić information content (AvgIpc) is 3.49. The van der Waals surface area contributed by atoms with Crippen LogP contribution in [0.5, 0.6) is 0 Å². The third-order valence-corrected chi connectivity index (χ3v) is 6.38. The van der Waals surface area contributed by atoms with Crippen LogP contribution in [0.1, 0.15) is 33.2 Å². The number of carbonyl (C=O) groups excluding carboxylic acids is 2. The number of amides is 2. The molecule has 178 valence electrons. The lowest BCUT2D eigenvalue weighted by Crippen LogP contribution is -2.38. The monoisotopic (exact) mass is 508 g/mol. The number of benzene rings is 2. The molecule has 1 atom stereocenters. The Labute approximate surface area is 210 Å². The van der Waals surface area contributed by atoms with Gasteiger partial charge in [-0.3, -0.25) is 14.4 Å². The summed E-state index contributed by atoms with van der Waals surface area (Å²) in [6.45, 7) is 1.55. The Morgan fingerprint density at radius 3 is 2.51 bits per heavy atom. The number of nitrogens with one attached hydrogen (secondary N) is 2. The van der Waals surface area contributed by atoms with Crippen molar-refractivity contribution in [1.29, 1.82) is 0 Å². The molecular weight excluding hydrogens is 488 g/mol. The molecule has 35 heavy (non-hydrogen) atoms. The summed E-state index contributed by atoms with van der Waals surface area (Å²) in [5.74, 6) is -1.96. The van der Waals surface area contributed by atoms with Crippen LogP contribution in [0.2, 0.25) is 4.34 Å². The largest absolute Gasteiger partial charge is 0.480 e. The first-order chi connectivity index (χ1) is 16.8. The highest BCUT2D eigenvalue weighted by molar-refractivity contribution is 7.19. The number of carboxylic acid groups (broad SMARTS) is 1. The predicted molar refractivity (Wildman–Crippen MR) is 134 cm³/mol. The average molecular weight is 509 g/mol. The Hall–Kier alpha value is -3.95. The molecule has 0 aliphatic rings. The molecule has 0 aliphatic heterocycles. The SMILES string of the molecule is C[C@@H](NC(=O)c1cccc(CNC(=O)c2cn(-c3ccccc3)nc2-c2ccc(Cl)s2)c1)C(=O)O. The summed E-state index contributed by atoms with van der Waals surface area (Å²) in [4.78, 5) is 37.3. The van der Waals surface area contributed by atoms with E-state index in [1.54, 1.807) is 41.2 Å². The molecule has 3 N–H and O–H groups in total. The minimum Gasteiger partial charge on any atom is -0.480 e. The van der Waals surface area contributed by atoms with E-state index in [0.717, 1.165) is 10.6 Å². The molecule has 0 spiro atoms. The Kier molecular flexibility index (Phi) is 7.28. The number of aliphatic carboxylic acids is 1. The van der Waals surface area contributed by atoms with Crippen LogP contribution in [0.15, 0.2) is 72.9 Å². The Morgan fingerprint density at radius 2 is 1.83 bits per heavy atom. The second kappa shape index (κ2) is 10.5. The third kappa shape index (κ3) is 5.76. The van der Waals surface area contributed by atoms with Crippen LogP contribution in [0.25, 0.3) is 16.3 Å². The van der Waals surface area contributed by atoms with Gasteiger partial charge in [0.05, 0.1) is 20.5 Å². The fourth-order valence-electron chi connectivity index (χ4n) is 3.32. The van der Waals surface area contributed by atoms with Gasteiger partial charge >= 0.3 is 5.97 Å². The summed E-state index contributed by atoms with van der Waals surface area (Å²) < 4.78 is 2.24. The molecule has 0 radical (unpaired) electrons. The van der Waals surface area contributed by atoms with Gasteiger partial charge in [0.2, 0.25) is 0 Å². The highest BCUT2D eigenvalue weighted by Gasteiger charge is 2.20. The number of carboxylic acids is 1. The topological polar surface area (TPSA) is 113 Å². The molecule has 2 aromatic heterocycles. The normalized spacial score (nSPS) is 11.6. The van der Waals surface area contributed by atoms with Gasteiger partial charge < -0.3 is 15.7 Å². The van der Waals surface area contributed by atoms with Crippen LogP contribution < -0.4 is 10.6 Å². The van der Waals surface area contributed by atoms with Crippen LogP contribution in [0, 0.1) is 0 Å². The number of hydrogen-bond donors (Lipinski definition) is 3. The van der Waals surface area contributed by atoms with Gasteiger partial charge in [-0.15, -0.1) is 11.3 Å². The van der Waals surface area contributed by atoms with Crippen LogP contribution >= 0.6 is 22.9 Å². The minimum absolute atomic E-state index is 0.162. The van der Waals surface area contributed by atoms with Gasteiger partial charge in [-0.2, -0.15) is 5.10 Å². The van der Waals surface area contributed by atoms with Crippen molar-refractivity contribution in [2.24, 2.45) is 0 Å². The summed E-state index contributed by atoms with van der Waals surface area (Å²) in [6, 6.07) is 18.7. The molecule has 2 aromatic carbocycles. The second-order valence-electron chi connectivity index (χ2n) is 7.69. The van der Waals surface area contributed by atoms with Gasteiger partial charge in [-0.25, -0.2) is 4.68 Å². The van der Waals surface area contributed by atoms with E-state index in [-0.39, 0.29) is 12.5 Å². The molecule has 4 rings (SSSR count). The van der Waals surface area contributed by atoms with Crippen molar-refractivity contribution in [3.05, 3.63) is 94.0 Å². The van der Waals surface area contributed by atoms with E-state index >= 15 is 0 Å². The van der Waals surface area contributed by atoms with Gasteiger partial charge in [-0.05, 0) is 48.9 Å². The molecular formula is C25H21ClN4O4S. The fourth-order valence-corrected chi connectivity index (χ4v) is 4.36. The lowest BCUT2D eigenvalue weighted by atomic mass is 10.1. The number of rotatable bonds is 8. The number of nitrogens with zero attached hydrogens (tertiary/aromatic N) is 2. The summed E-state index contributed by atoms with van der Waals surface area (Å²) in [5, 5.41) is 18.9. The Bertz CT molecular complexity index is 1380. The zero-order valence-corrected chi connectivity index (χ0v) is 20.1. The first-order valence-corrected chi connectivity index (χ1v) is 11.8. The maximum Gasteiger partial charge on any atom is 0.325 e. The quantitative estimate of drug-likeness (QED) is 0.327. The highest BCUT2D eigenvalue weighted by atomic mass is 35.5. The van der Waals surface area contributed by atoms with Crippen molar-refractivity contribution in [1.82, 2.24) is 20.4 Å². The molecule has 0 bridgehead atoms. The summed E-state index contributed by atoms with van der Waals surface area (Å²) in [7, 11) is 0. The van der Waals surface area contributed by atoms with Gasteiger partial charge in [0.15, 0.2) is 0 Å². The minimum atomic E-state index is -1.12. The molecule has 0 aliphatic carbocycles. The smallest absolute Gasteiger partial charge is 0.325 e. The zero-order chi connectivity index (χ0) is 24.9. The highest BCUT2D eigenvalue weighted by Crippen LogP contribution is 2.32. The van der Waals surface area contributed by atoms with Gasteiger partial charge in [0, 0.05) is 18.3 Å². The van der Waals surface area contributed by atoms with E-state index in [1.807, 2.05) is 36.4 Å². The van der Waals surface area contributed by atoms with Crippen LogP contribution in [0.3, 0.4) is 0 Å². The lowest BCUT2D eigenvalue weighted by Gasteiger charge is -2.10. The van der Waals surface area contributed by atoms with E-state index in [1.165, 1.54) is 18.3 Å². The van der Waals surface area contributed by atoms with Crippen molar-refractivity contribution in [3.63, 3.8) is 0 Å². The van der Waals surface area contributed by atoms with E-state index < -0.39 is 17.9 Å². The molecule has 0 saturated carbocycles. The fraction of sp³-hybridized carbons (Fsp3) is 0.120. The van der Waals surface area contributed by atoms with E-state index in [9.17, 15) is 14.4 Å². The lowest BCUT2D eigenvalue weighted by molar-refractivity contribution is -0.138. The number of para-hydroxylation sites is 1. The maximum atomic E-state index is 13.2. The van der Waals surface area contributed by atoms with E-state index in [2.05, 4.69) is 15.7 Å². The molecule has 8 nitrogen and oxygen atoms in total. The third-order valence-electron chi connectivity index (χ3n) is 5.15. The standard InChI is InChI=1S/C25H21ClN4O4S/c1-15(25(33)34)28-23(31)17-7-5-6-16(12-17)13-27-24(32)19-14-30(18-8-3-2-4-9-18)29-22(19)20-10-11-21(26)35-20/h2-12,14-15H,13H2,1H3,(H,27,32)(H,28,31)(H,33,34)/t15-/m1/s1. The Balaban J connectivity index is 1.54. The van der Waals surface area contributed by atoms with Crippen molar-refractivity contribution in [2.75, 3.05) is 0 Å². The van der Waals surface area contributed by atoms with Crippen LogP contribution in [-0.4, -0.2) is 38.7 Å². The van der Waals surface area contributed by atoms with Crippen LogP contribution in [0.4, 0.5) is 0 Å². The molecule has 10 heteroatoms. The Morgan fingerprint density at radius 1 is 1.06 bits per heavy atom. The van der Waals surface area contributed by atoms with Gasteiger partial charge in [-0.1, -0.05) is 41.9 Å². The first kappa shape index (κ1) is 24.2. The van der Waals surface area contributed by atoms with Crippen LogP contribution in [-0.2, 0) is 11.3 Å². The number of thiophene rings is 1. The summed E-state index contributed by atoms with van der Waals surface area (Å²) in [6.07, 6.45) is 1.67. The molecule has 2 amide bonds. The molecule has 4 aromatic rings. The van der Waals surface area contributed by atoms with Crippen molar-refractivity contribution < 1.29 is 19.5 Å². The molecule has 2 heterocycles. The number of carbonyl (C=O) groups is 3. The predicted octanol–water partition coefficient (Wildman–Crippen LogP) is 4.39. The summed E-state index contributed by atoms with van der Waals surface area (Å²) in [5.41, 5.74) is 2.70. The van der Waals surface area contributed by atoms with Crippen molar-refractivity contribution in [3.8, 4) is 16.3 Å². The second-order valence-corrected chi connectivity index (χ2v) is 9.41. The van der Waals surface area contributed by atoms with Crippen molar-refractivity contribution >= 4 is 40.7 Å². The zero-order valence-electron chi connectivity index (χ0n) is 18.6. The van der Waals surface area contributed by atoms with Gasteiger partial charge in [0.1, 0.15) is 11.7 Å². The first-order valence-electron chi connectivity index (χ1n) is 10.6. The maximum absolute atomic E-state index is 13.2.